The number of hydrogen-bond donors (Lipinski definition) is 1. The maximum atomic E-state index is 12.6. The first kappa shape index (κ1) is 30.3. The fourth-order valence-corrected chi connectivity index (χ4v) is 5.40. The van der Waals surface area contributed by atoms with Crippen LogP contribution in [0.15, 0.2) is 12.2 Å². The van der Waals surface area contributed by atoms with Gasteiger partial charge in [0.25, 0.3) is 0 Å². The number of ether oxygens (including phenoxy) is 2. The van der Waals surface area contributed by atoms with Crippen LogP contribution in [-0.2, 0) is 23.9 Å². The second-order valence-corrected chi connectivity index (χ2v) is 10.7. The number of aliphatic hydroxyl groups is 1. The van der Waals surface area contributed by atoms with Gasteiger partial charge < -0.3 is 19.5 Å². The van der Waals surface area contributed by atoms with Crippen LogP contribution in [0.5, 0.6) is 0 Å². The summed E-state index contributed by atoms with van der Waals surface area (Å²) in [5, 5.41) is 10.9. The van der Waals surface area contributed by atoms with Crippen molar-refractivity contribution in [2.75, 3.05) is 13.7 Å². The van der Waals surface area contributed by atoms with Gasteiger partial charge in [0.15, 0.2) is 0 Å². The highest BCUT2D eigenvalue weighted by Gasteiger charge is 2.53. The summed E-state index contributed by atoms with van der Waals surface area (Å²) in [5.41, 5.74) is -0.961. The average molecular weight is 508 g/mol. The van der Waals surface area contributed by atoms with Gasteiger partial charge >= 0.3 is 11.9 Å². The molecule has 0 spiro atoms. The van der Waals surface area contributed by atoms with E-state index in [1.165, 1.54) is 63.4 Å². The van der Waals surface area contributed by atoms with Crippen LogP contribution in [0.4, 0.5) is 0 Å². The number of hydrogen-bond acceptors (Lipinski definition) is 6. The van der Waals surface area contributed by atoms with Gasteiger partial charge in [-0.15, -0.1) is 0 Å². The Kier molecular flexibility index (Phi) is 13.5. The second-order valence-electron chi connectivity index (χ2n) is 10.7. The van der Waals surface area contributed by atoms with Gasteiger partial charge in [0.05, 0.1) is 7.11 Å². The van der Waals surface area contributed by atoms with Crippen LogP contribution < -0.4 is 0 Å². The van der Waals surface area contributed by atoms with Crippen molar-refractivity contribution in [1.82, 2.24) is 4.90 Å². The molecular formula is C29H49NO6. The molecule has 2 rings (SSSR count). The third kappa shape index (κ3) is 9.20. The summed E-state index contributed by atoms with van der Waals surface area (Å²) in [7, 11) is 1.28. The van der Waals surface area contributed by atoms with Crippen molar-refractivity contribution < 1.29 is 29.0 Å². The van der Waals surface area contributed by atoms with Crippen molar-refractivity contribution in [2.45, 2.75) is 134 Å². The van der Waals surface area contributed by atoms with Crippen molar-refractivity contribution >= 4 is 17.8 Å². The molecule has 2 aliphatic heterocycles. The van der Waals surface area contributed by atoms with Gasteiger partial charge in [0.2, 0.25) is 5.91 Å². The summed E-state index contributed by atoms with van der Waals surface area (Å²) in [6, 6.07) is -0.696. The predicted octanol–water partition coefficient (Wildman–Crippen LogP) is 5.48. The number of likely N-dealkylation sites (tertiary alicyclic amines) is 1. The molecule has 206 valence electrons. The quantitative estimate of drug-likeness (QED) is 0.150. The number of cyclic esters (lactones) is 1. The van der Waals surface area contributed by atoms with E-state index < -0.39 is 35.6 Å². The van der Waals surface area contributed by atoms with Gasteiger partial charge in [0, 0.05) is 13.0 Å². The summed E-state index contributed by atoms with van der Waals surface area (Å²) >= 11 is 0. The van der Waals surface area contributed by atoms with Crippen molar-refractivity contribution in [1.29, 1.82) is 0 Å². The lowest BCUT2D eigenvalue weighted by molar-refractivity contribution is -0.153. The smallest absolute Gasteiger partial charge is 0.328 e. The van der Waals surface area contributed by atoms with E-state index in [-0.39, 0.29) is 18.9 Å². The SMILES string of the molecule is CCCCCCCCCC/C=C/CCCCC[C@@]1(C)OC(=O)[C@@H](CN2C(=O)CC[C@@H]2C(=O)OC)[C@@H]1O. The summed E-state index contributed by atoms with van der Waals surface area (Å²) in [6.45, 7) is 4.00. The Balaban J connectivity index is 1.61. The molecular weight excluding hydrogens is 458 g/mol. The molecule has 2 aliphatic rings. The van der Waals surface area contributed by atoms with Crippen LogP contribution in [0.25, 0.3) is 0 Å². The molecule has 7 nitrogen and oxygen atoms in total. The second kappa shape index (κ2) is 16.1. The molecule has 0 saturated carbocycles. The normalized spacial score (nSPS) is 26.2. The fourth-order valence-electron chi connectivity index (χ4n) is 5.40. The molecule has 7 heteroatoms. The lowest BCUT2D eigenvalue weighted by Crippen LogP contribution is -2.47. The number of methoxy groups -OCH3 is 1. The van der Waals surface area contributed by atoms with Crippen molar-refractivity contribution in [2.24, 2.45) is 5.92 Å². The Morgan fingerprint density at radius 2 is 1.61 bits per heavy atom. The van der Waals surface area contributed by atoms with Crippen molar-refractivity contribution in [3.8, 4) is 0 Å². The molecule has 0 bridgehead atoms. The highest BCUT2D eigenvalue weighted by atomic mass is 16.6. The number of carbonyl (C=O) groups is 3. The van der Waals surface area contributed by atoms with Crippen LogP contribution in [0, 0.1) is 5.92 Å². The maximum Gasteiger partial charge on any atom is 0.328 e. The summed E-state index contributed by atoms with van der Waals surface area (Å²) in [5.74, 6) is -2.04. The zero-order valence-corrected chi connectivity index (χ0v) is 22.8. The number of esters is 2. The van der Waals surface area contributed by atoms with Crippen LogP contribution in [-0.4, -0.2) is 59.3 Å². The average Bonchev–Trinajstić information content (AvgIpc) is 3.33. The summed E-state index contributed by atoms with van der Waals surface area (Å²) in [6.07, 6.45) is 20.6. The van der Waals surface area contributed by atoms with Crippen molar-refractivity contribution in [3.63, 3.8) is 0 Å². The molecule has 2 fully saturated rings. The first-order chi connectivity index (χ1) is 17.3. The van der Waals surface area contributed by atoms with E-state index in [1.807, 2.05) is 0 Å². The van der Waals surface area contributed by atoms with E-state index in [0.29, 0.717) is 12.8 Å². The molecule has 1 N–H and O–H groups in total. The molecule has 0 unspecified atom stereocenters. The van der Waals surface area contributed by atoms with Gasteiger partial charge in [-0.1, -0.05) is 70.4 Å². The molecule has 4 atom stereocenters. The number of aliphatic hydroxyl groups excluding tert-OH is 1. The zero-order chi connectivity index (χ0) is 26.4. The largest absolute Gasteiger partial charge is 0.467 e. The highest BCUT2D eigenvalue weighted by molar-refractivity contribution is 5.88. The Morgan fingerprint density at radius 1 is 1.03 bits per heavy atom. The number of amides is 1. The molecule has 0 radical (unpaired) electrons. The van der Waals surface area contributed by atoms with Crippen LogP contribution in [0.1, 0.15) is 117 Å². The van der Waals surface area contributed by atoms with E-state index in [0.717, 1.165) is 32.1 Å². The van der Waals surface area contributed by atoms with Gasteiger partial charge in [-0.25, -0.2) is 4.79 Å². The standard InChI is InChI=1S/C29H49NO6/c1-4-5-6-7-8-9-10-11-12-13-14-15-16-17-18-21-29(2)26(32)23(27(33)36-29)22-30-24(28(34)35-3)19-20-25(30)31/h13-14,23-24,26,32H,4-12,15-22H2,1-3H3/b14-13+/t23-,24+,26-,29+/m0/s1. The topological polar surface area (TPSA) is 93.1 Å². The maximum absolute atomic E-state index is 12.6. The van der Waals surface area contributed by atoms with Gasteiger partial charge in [-0.2, -0.15) is 0 Å². The van der Waals surface area contributed by atoms with Crippen LogP contribution in [0.2, 0.25) is 0 Å². The third-order valence-electron chi connectivity index (χ3n) is 7.77. The van der Waals surface area contributed by atoms with E-state index in [9.17, 15) is 19.5 Å². The first-order valence-electron chi connectivity index (χ1n) is 14.3. The molecule has 0 aromatic heterocycles. The lowest BCUT2D eigenvalue weighted by atomic mass is 9.87. The molecule has 1 amide bonds. The monoisotopic (exact) mass is 507 g/mol. The fraction of sp³-hybridized carbons (Fsp3) is 0.828. The number of carbonyl (C=O) groups excluding carboxylic acids is 3. The molecule has 36 heavy (non-hydrogen) atoms. The third-order valence-corrected chi connectivity index (χ3v) is 7.77. The first-order valence-corrected chi connectivity index (χ1v) is 14.3. The van der Waals surface area contributed by atoms with E-state index in [1.54, 1.807) is 6.92 Å². The Bertz CT molecular complexity index is 723. The lowest BCUT2D eigenvalue weighted by Gasteiger charge is -2.29. The van der Waals surface area contributed by atoms with E-state index in [4.69, 9.17) is 9.47 Å². The van der Waals surface area contributed by atoms with Crippen molar-refractivity contribution in [3.05, 3.63) is 12.2 Å². The van der Waals surface area contributed by atoms with E-state index >= 15 is 0 Å². The van der Waals surface area contributed by atoms with Crippen LogP contribution >= 0.6 is 0 Å². The Labute approximate surface area is 218 Å². The molecule has 0 aromatic rings. The predicted molar refractivity (Wildman–Crippen MR) is 140 cm³/mol. The van der Waals surface area contributed by atoms with Crippen LogP contribution in [0.3, 0.4) is 0 Å². The summed E-state index contributed by atoms with van der Waals surface area (Å²) < 4.78 is 10.4. The Hall–Kier alpha value is -1.89. The number of unbranched alkanes of at least 4 members (excludes halogenated alkanes) is 11. The van der Waals surface area contributed by atoms with Gasteiger partial charge in [-0.05, 0) is 51.9 Å². The Morgan fingerprint density at radius 3 is 2.22 bits per heavy atom. The minimum Gasteiger partial charge on any atom is -0.467 e. The van der Waals surface area contributed by atoms with Gasteiger partial charge in [0.1, 0.15) is 23.7 Å². The number of rotatable bonds is 18. The number of nitrogens with zero attached hydrogens (tertiary/aromatic N) is 1. The highest BCUT2D eigenvalue weighted by Crippen LogP contribution is 2.37. The minimum atomic E-state index is -1.01. The molecule has 0 aromatic carbocycles. The molecule has 2 heterocycles. The molecule has 0 aliphatic carbocycles. The zero-order valence-electron chi connectivity index (χ0n) is 22.8. The molecule has 2 saturated heterocycles. The van der Waals surface area contributed by atoms with Gasteiger partial charge in [-0.3, -0.25) is 9.59 Å². The minimum absolute atomic E-state index is 0.0160. The van der Waals surface area contributed by atoms with E-state index in [2.05, 4.69) is 19.1 Å². The number of allylic oxidation sites excluding steroid dienone is 2. The summed E-state index contributed by atoms with van der Waals surface area (Å²) in [4.78, 5) is 38.2.